The lowest BCUT2D eigenvalue weighted by Gasteiger charge is -2.17. The smallest absolute Gasteiger partial charge is 0.265 e. The summed E-state index contributed by atoms with van der Waals surface area (Å²) in [6.07, 6.45) is 1.06. The molecule has 1 N–H and O–H groups in total. The van der Waals surface area contributed by atoms with Crippen LogP contribution in [-0.2, 0) is 14.8 Å². The van der Waals surface area contributed by atoms with E-state index in [1.807, 2.05) is 54.6 Å². The Hall–Kier alpha value is -3.16. The molecule has 1 saturated heterocycles. The Morgan fingerprint density at radius 3 is 2.09 bits per heavy atom. The van der Waals surface area contributed by atoms with E-state index in [1.54, 1.807) is 19.1 Å². The molecule has 7 heteroatoms. The summed E-state index contributed by atoms with van der Waals surface area (Å²) in [7, 11) is -3.47. The minimum atomic E-state index is -3.47. The molecule has 1 aliphatic rings. The van der Waals surface area contributed by atoms with Crippen LogP contribution < -0.4 is 10.1 Å². The molecule has 4 rings (SSSR count). The van der Waals surface area contributed by atoms with Crippen LogP contribution in [0.25, 0.3) is 11.1 Å². The molecular formula is C25H26N2O4S. The van der Waals surface area contributed by atoms with Crippen molar-refractivity contribution in [3.05, 3.63) is 78.9 Å². The maximum Gasteiger partial charge on any atom is 0.265 e. The van der Waals surface area contributed by atoms with Crippen molar-refractivity contribution in [2.75, 3.05) is 18.4 Å². The van der Waals surface area contributed by atoms with E-state index in [9.17, 15) is 13.2 Å². The predicted molar refractivity (Wildman–Crippen MR) is 125 cm³/mol. The molecule has 0 bridgehead atoms. The number of rotatable bonds is 7. The highest BCUT2D eigenvalue weighted by Gasteiger charge is 2.27. The molecule has 1 aliphatic heterocycles. The summed E-state index contributed by atoms with van der Waals surface area (Å²) < 4.78 is 32.5. The zero-order chi connectivity index (χ0) is 22.6. The number of anilines is 1. The van der Waals surface area contributed by atoms with Crippen molar-refractivity contribution in [3.8, 4) is 16.9 Å². The third kappa shape index (κ3) is 5.00. The summed E-state index contributed by atoms with van der Waals surface area (Å²) in [4.78, 5) is 12.8. The Morgan fingerprint density at radius 2 is 1.47 bits per heavy atom. The Labute approximate surface area is 188 Å². The van der Waals surface area contributed by atoms with Gasteiger partial charge in [0.2, 0.25) is 10.0 Å². The summed E-state index contributed by atoms with van der Waals surface area (Å²) >= 11 is 0. The lowest BCUT2D eigenvalue weighted by atomic mass is 10.1. The van der Waals surface area contributed by atoms with Gasteiger partial charge >= 0.3 is 0 Å². The van der Waals surface area contributed by atoms with Crippen LogP contribution in [0.4, 0.5) is 5.69 Å². The third-order valence-corrected chi connectivity index (χ3v) is 7.38. The summed E-state index contributed by atoms with van der Waals surface area (Å²) in [5.74, 6) is 0.284. The summed E-state index contributed by atoms with van der Waals surface area (Å²) in [5.41, 5.74) is 2.70. The Bertz CT molecular complexity index is 1150. The van der Waals surface area contributed by atoms with Gasteiger partial charge in [-0.2, -0.15) is 4.31 Å². The molecule has 0 aliphatic carbocycles. The van der Waals surface area contributed by atoms with E-state index in [4.69, 9.17) is 4.74 Å². The number of hydrogen-bond donors (Lipinski definition) is 1. The van der Waals surface area contributed by atoms with Crippen LogP contribution in [0, 0.1) is 0 Å². The minimum absolute atomic E-state index is 0.236. The molecule has 32 heavy (non-hydrogen) atoms. The van der Waals surface area contributed by atoms with E-state index in [1.165, 1.54) is 16.4 Å². The molecule has 6 nitrogen and oxygen atoms in total. The second kappa shape index (κ2) is 9.54. The molecule has 0 saturated carbocycles. The first kappa shape index (κ1) is 22.0. The fourth-order valence-electron chi connectivity index (χ4n) is 3.65. The van der Waals surface area contributed by atoms with Gasteiger partial charge in [-0.3, -0.25) is 4.79 Å². The summed E-state index contributed by atoms with van der Waals surface area (Å²) in [6.45, 7) is 2.79. The standard InChI is InChI=1S/C25H26N2O4S/c1-19(31-23-13-9-21(10-14-23)20-7-3-2-4-8-20)25(28)26-22-11-15-24(16-12-22)32(29,30)27-17-5-6-18-27/h2-4,7-16,19H,5-6,17-18H2,1H3,(H,26,28). The van der Waals surface area contributed by atoms with Crippen molar-refractivity contribution >= 4 is 21.6 Å². The Balaban J connectivity index is 1.35. The second-order valence-corrected chi connectivity index (χ2v) is 9.71. The van der Waals surface area contributed by atoms with Gasteiger partial charge < -0.3 is 10.1 Å². The SMILES string of the molecule is CC(Oc1ccc(-c2ccccc2)cc1)C(=O)Nc1ccc(S(=O)(=O)N2CCCC2)cc1. The molecule has 3 aromatic rings. The quantitative estimate of drug-likeness (QED) is 0.573. The number of sulfonamides is 1. The van der Waals surface area contributed by atoms with Crippen LogP contribution in [0.3, 0.4) is 0 Å². The van der Waals surface area contributed by atoms with E-state index >= 15 is 0 Å². The van der Waals surface area contributed by atoms with E-state index in [0.29, 0.717) is 24.5 Å². The van der Waals surface area contributed by atoms with Gasteiger partial charge in [-0.25, -0.2) is 8.42 Å². The lowest BCUT2D eigenvalue weighted by molar-refractivity contribution is -0.122. The van der Waals surface area contributed by atoms with Gasteiger partial charge in [-0.05, 0) is 67.3 Å². The topological polar surface area (TPSA) is 75.7 Å². The fraction of sp³-hybridized carbons (Fsp3) is 0.240. The molecule has 3 aromatic carbocycles. The van der Waals surface area contributed by atoms with Crippen LogP contribution in [0.1, 0.15) is 19.8 Å². The largest absolute Gasteiger partial charge is 0.481 e. The van der Waals surface area contributed by atoms with Crippen molar-refractivity contribution in [3.63, 3.8) is 0 Å². The normalized spacial score (nSPS) is 15.3. The van der Waals surface area contributed by atoms with Crippen molar-refractivity contribution in [2.24, 2.45) is 0 Å². The van der Waals surface area contributed by atoms with E-state index in [-0.39, 0.29) is 10.8 Å². The monoisotopic (exact) mass is 450 g/mol. The number of carbonyl (C=O) groups is 1. The summed E-state index contributed by atoms with van der Waals surface area (Å²) in [6, 6.07) is 23.8. The molecular weight excluding hydrogens is 424 g/mol. The highest BCUT2D eigenvalue weighted by Crippen LogP contribution is 2.24. The second-order valence-electron chi connectivity index (χ2n) is 7.78. The molecule has 0 radical (unpaired) electrons. The van der Waals surface area contributed by atoms with Crippen LogP contribution >= 0.6 is 0 Å². The van der Waals surface area contributed by atoms with Gasteiger partial charge in [0.1, 0.15) is 5.75 Å². The molecule has 1 atom stereocenters. The van der Waals surface area contributed by atoms with Gasteiger partial charge in [-0.15, -0.1) is 0 Å². The molecule has 1 unspecified atom stereocenters. The minimum Gasteiger partial charge on any atom is -0.481 e. The van der Waals surface area contributed by atoms with Gasteiger partial charge in [0, 0.05) is 18.8 Å². The Morgan fingerprint density at radius 1 is 0.875 bits per heavy atom. The first-order valence-electron chi connectivity index (χ1n) is 10.7. The number of nitrogens with one attached hydrogen (secondary N) is 1. The van der Waals surface area contributed by atoms with Crippen molar-refractivity contribution in [1.29, 1.82) is 0 Å². The molecule has 1 amide bonds. The van der Waals surface area contributed by atoms with Crippen LogP contribution in [-0.4, -0.2) is 37.8 Å². The van der Waals surface area contributed by atoms with Crippen molar-refractivity contribution in [1.82, 2.24) is 4.31 Å². The Kier molecular flexibility index (Phi) is 6.58. The first-order chi connectivity index (χ1) is 15.4. The number of amides is 1. The zero-order valence-electron chi connectivity index (χ0n) is 17.9. The van der Waals surface area contributed by atoms with Crippen molar-refractivity contribution < 1.29 is 17.9 Å². The maximum atomic E-state index is 12.6. The fourth-order valence-corrected chi connectivity index (χ4v) is 5.16. The van der Waals surface area contributed by atoms with Gasteiger partial charge in [0.05, 0.1) is 4.90 Å². The molecule has 0 spiro atoms. The summed E-state index contributed by atoms with van der Waals surface area (Å²) in [5, 5.41) is 2.78. The van der Waals surface area contributed by atoms with E-state index < -0.39 is 16.1 Å². The van der Waals surface area contributed by atoms with Crippen LogP contribution in [0.2, 0.25) is 0 Å². The number of benzene rings is 3. The highest BCUT2D eigenvalue weighted by atomic mass is 32.2. The average molecular weight is 451 g/mol. The van der Waals surface area contributed by atoms with Crippen molar-refractivity contribution in [2.45, 2.75) is 30.8 Å². The van der Waals surface area contributed by atoms with Gasteiger partial charge in [0.15, 0.2) is 6.10 Å². The van der Waals surface area contributed by atoms with Crippen LogP contribution in [0.5, 0.6) is 5.75 Å². The van der Waals surface area contributed by atoms with Crippen LogP contribution in [0.15, 0.2) is 83.8 Å². The number of nitrogens with zero attached hydrogens (tertiary/aromatic N) is 1. The molecule has 1 heterocycles. The number of ether oxygens (including phenoxy) is 1. The van der Waals surface area contributed by atoms with Gasteiger partial charge in [0.25, 0.3) is 5.91 Å². The first-order valence-corrected chi connectivity index (χ1v) is 12.1. The lowest BCUT2D eigenvalue weighted by Crippen LogP contribution is -2.30. The van der Waals surface area contributed by atoms with Gasteiger partial charge in [-0.1, -0.05) is 42.5 Å². The number of carbonyl (C=O) groups excluding carboxylic acids is 1. The number of hydrogen-bond acceptors (Lipinski definition) is 4. The molecule has 1 fully saturated rings. The molecule has 0 aromatic heterocycles. The maximum absolute atomic E-state index is 12.6. The van der Waals surface area contributed by atoms with E-state index in [2.05, 4.69) is 5.32 Å². The molecule has 166 valence electrons. The average Bonchev–Trinajstić information content (AvgIpc) is 3.36. The zero-order valence-corrected chi connectivity index (χ0v) is 18.7. The highest BCUT2D eigenvalue weighted by molar-refractivity contribution is 7.89. The predicted octanol–water partition coefficient (Wildman–Crippen LogP) is 4.54. The third-order valence-electron chi connectivity index (χ3n) is 5.47. The van der Waals surface area contributed by atoms with E-state index in [0.717, 1.165) is 24.0 Å².